The van der Waals surface area contributed by atoms with Crippen molar-refractivity contribution in [3.8, 4) is 61.6 Å². The van der Waals surface area contributed by atoms with E-state index in [1.165, 1.54) is 54.9 Å². The van der Waals surface area contributed by atoms with E-state index in [1.807, 2.05) is 140 Å². The Morgan fingerprint density at radius 1 is 0.176 bits per heavy atom. The summed E-state index contributed by atoms with van der Waals surface area (Å²) in [6.07, 6.45) is 0. The molecule has 0 aliphatic heterocycles. The van der Waals surface area contributed by atoms with Crippen LogP contribution in [-0.4, -0.2) is 13.7 Å². The van der Waals surface area contributed by atoms with E-state index in [-0.39, 0.29) is 16.9 Å². The fourth-order valence-electron chi connectivity index (χ4n) is 16.2. The minimum absolute atomic E-state index is 0.316. The monoisotopic (exact) mass is 1390 g/mol. The average molecular weight is 1390 g/mol. The molecule has 0 bridgehead atoms. The molecule has 9 heteroatoms. The number of benzene rings is 16. The minimum atomic E-state index is -0.323. The molecule has 508 valence electrons. The topological polar surface area (TPSA) is 105 Å². The normalized spacial score (nSPS) is 11.6. The summed E-state index contributed by atoms with van der Waals surface area (Å²) < 4.78 is 23.7. The maximum absolute atomic E-state index is 13.2. The predicted octanol–water partition coefficient (Wildman–Crippen LogP) is 24.8. The summed E-state index contributed by atoms with van der Waals surface area (Å²) >= 11 is 0. The molecule has 0 amide bonds. The summed E-state index contributed by atoms with van der Waals surface area (Å²) in [5.41, 5.74) is 19.5. The molecule has 0 aliphatic rings. The molecule has 0 N–H and O–H groups in total. The van der Waals surface area contributed by atoms with Crippen molar-refractivity contribution in [3.05, 3.63) is 401 Å². The van der Waals surface area contributed by atoms with Crippen molar-refractivity contribution < 1.29 is 13.3 Å². The van der Waals surface area contributed by atoms with Crippen molar-refractivity contribution in [2.24, 2.45) is 0 Å². The third kappa shape index (κ3) is 10.7. The first kappa shape index (κ1) is 63.1. The molecule has 0 aliphatic carbocycles. The summed E-state index contributed by atoms with van der Waals surface area (Å²) in [4.78, 5) is 39.0. The molecule has 0 radical (unpaired) electrons. The molecule has 0 atom stereocenters. The number of hydrogen-bond acceptors (Lipinski definition) is 6. The lowest BCUT2D eigenvalue weighted by molar-refractivity contribution is 0.569. The molecular formula is C99H61N3O6. The maximum Gasteiger partial charge on any atom is 0.346 e. The molecule has 0 saturated carbocycles. The van der Waals surface area contributed by atoms with Crippen molar-refractivity contribution in [2.45, 2.75) is 0 Å². The van der Waals surface area contributed by atoms with E-state index in [0.29, 0.717) is 32.9 Å². The predicted molar refractivity (Wildman–Crippen MR) is 445 cm³/mol. The third-order valence-electron chi connectivity index (χ3n) is 21.1. The Kier molecular flexibility index (Phi) is 15.1. The second kappa shape index (κ2) is 25.9. The van der Waals surface area contributed by atoms with Gasteiger partial charge in [-0.25, -0.2) is 14.4 Å². The maximum atomic E-state index is 13.2. The lowest BCUT2D eigenvalue weighted by atomic mass is 10.00. The highest BCUT2D eigenvalue weighted by Gasteiger charge is 2.21. The van der Waals surface area contributed by atoms with Gasteiger partial charge in [0.05, 0.1) is 54.9 Å². The van der Waals surface area contributed by atoms with Gasteiger partial charge < -0.3 is 27.0 Å². The first-order chi connectivity index (χ1) is 53.3. The van der Waals surface area contributed by atoms with E-state index in [2.05, 4.69) is 244 Å². The standard InChI is InChI=1S/C37H23NO2.2C31H19NO2/c39-37-33-23-27(17-19-29(33)31-14-5-7-16-36(31)40-37)25-11-8-12-28(21-25)38-34-15-6-4-13-30(34)32-22-26(18-20-35(32)38)24-9-2-1-3-10-24;33-31-30-24(23-12-5-7-16-29(23)34-31)13-8-15-28(30)32-26-14-6-4-11-22(26)25-19-21(17-18-27(25)32)20-9-2-1-3-10-20;33-31-27-19-22(15-16-23(27)25-11-5-7-13-30(25)34-31)32-28-12-6-4-10-24(28)26-18-21(14-17-29(26)32)20-8-2-1-3-9-20/h1-23H;2*1-19H. The highest BCUT2D eigenvalue weighted by atomic mass is 16.4. The van der Waals surface area contributed by atoms with Gasteiger partial charge in [-0.15, -0.1) is 0 Å². The van der Waals surface area contributed by atoms with Crippen molar-refractivity contribution in [1.29, 1.82) is 0 Å². The van der Waals surface area contributed by atoms with Gasteiger partial charge in [0.2, 0.25) is 0 Å². The smallest absolute Gasteiger partial charge is 0.346 e. The van der Waals surface area contributed by atoms with Crippen LogP contribution in [0.3, 0.4) is 0 Å². The van der Waals surface area contributed by atoms with Gasteiger partial charge >= 0.3 is 16.9 Å². The molecule has 6 aromatic heterocycles. The largest absolute Gasteiger partial charge is 0.422 e. The van der Waals surface area contributed by atoms with E-state index in [9.17, 15) is 14.4 Å². The fourth-order valence-corrected chi connectivity index (χ4v) is 16.2. The van der Waals surface area contributed by atoms with Crippen molar-refractivity contribution in [2.75, 3.05) is 0 Å². The summed E-state index contributed by atoms with van der Waals surface area (Å²) in [6.45, 7) is 0. The van der Waals surface area contributed by atoms with E-state index < -0.39 is 0 Å². The van der Waals surface area contributed by atoms with Gasteiger partial charge in [0, 0.05) is 70.6 Å². The number of aromatic nitrogens is 3. The Balaban J connectivity index is 0.000000107. The molecule has 22 rings (SSSR count). The fraction of sp³-hybridized carbons (Fsp3) is 0. The zero-order chi connectivity index (χ0) is 71.9. The van der Waals surface area contributed by atoms with Gasteiger partial charge in [0.15, 0.2) is 0 Å². The highest BCUT2D eigenvalue weighted by Crippen LogP contribution is 2.41. The Morgan fingerprint density at radius 2 is 0.491 bits per heavy atom. The van der Waals surface area contributed by atoms with Gasteiger partial charge in [0.1, 0.15) is 16.7 Å². The van der Waals surface area contributed by atoms with Crippen LogP contribution in [-0.2, 0) is 0 Å². The lowest BCUT2D eigenvalue weighted by Gasteiger charge is -2.12. The minimum Gasteiger partial charge on any atom is -0.422 e. The van der Waals surface area contributed by atoms with Crippen molar-refractivity contribution in [3.63, 3.8) is 0 Å². The molecule has 0 unspecified atom stereocenters. The second-order valence-electron chi connectivity index (χ2n) is 27.2. The molecule has 108 heavy (non-hydrogen) atoms. The van der Waals surface area contributed by atoms with Gasteiger partial charge in [-0.2, -0.15) is 0 Å². The molecule has 0 fully saturated rings. The molecule has 0 saturated heterocycles. The molecular weight excluding hydrogens is 1330 g/mol. The van der Waals surface area contributed by atoms with Crippen LogP contribution in [0.1, 0.15) is 0 Å². The van der Waals surface area contributed by atoms with E-state index in [1.54, 1.807) is 0 Å². The molecule has 6 heterocycles. The van der Waals surface area contributed by atoms with Crippen LogP contribution in [0, 0.1) is 0 Å². The summed E-state index contributed by atoms with van der Waals surface area (Å²) in [6, 6.07) is 126. The zero-order valence-electron chi connectivity index (χ0n) is 58.0. The van der Waals surface area contributed by atoms with Crippen LogP contribution in [0.25, 0.3) is 192 Å². The van der Waals surface area contributed by atoms with Crippen LogP contribution >= 0.6 is 0 Å². The lowest BCUT2D eigenvalue weighted by Crippen LogP contribution is -2.05. The van der Waals surface area contributed by atoms with Gasteiger partial charge in [-0.3, -0.25) is 0 Å². The number of hydrogen-bond donors (Lipinski definition) is 0. The Morgan fingerprint density at radius 3 is 0.981 bits per heavy atom. The molecule has 9 nitrogen and oxygen atoms in total. The average Bonchev–Trinajstić information content (AvgIpc) is 1.53. The van der Waals surface area contributed by atoms with Crippen molar-refractivity contribution >= 4 is 131 Å². The van der Waals surface area contributed by atoms with Crippen LogP contribution in [0.4, 0.5) is 0 Å². The van der Waals surface area contributed by atoms with Crippen LogP contribution in [0.15, 0.2) is 398 Å². The first-order valence-electron chi connectivity index (χ1n) is 36.1. The summed E-state index contributed by atoms with van der Waals surface area (Å²) in [5.74, 6) is 0. The van der Waals surface area contributed by atoms with Crippen molar-refractivity contribution in [1.82, 2.24) is 13.7 Å². The number of rotatable bonds is 7. The quantitative estimate of drug-likeness (QED) is 0.116. The number of para-hydroxylation sites is 6. The highest BCUT2D eigenvalue weighted by molar-refractivity contribution is 6.16. The number of nitrogens with zero attached hydrogens (tertiary/aromatic N) is 3. The third-order valence-corrected chi connectivity index (χ3v) is 21.1. The first-order valence-corrected chi connectivity index (χ1v) is 36.1. The molecule has 22 aromatic rings. The Bertz CT molecular complexity index is 7570. The van der Waals surface area contributed by atoms with E-state index in [4.69, 9.17) is 13.3 Å². The SMILES string of the molecule is O=c1oc2ccccc2c2ccc(-c3cccc(-n4c5ccccc5c5cc(-c6ccccc6)ccc54)c3)cc12.O=c1oc2ccccc2c2ccc(-n3c4ccccc4c4cc(-c5ccccc5)ccc43)cc12.O=c1oc2ccccc2c2cccc(-n3c4ccccc4c4cc(-c5ccccc5)ccc43)c12. The second-order valence-corrected chi connectivity index (χ2v) is 27.2. The van der Waals surface area contributed by atoms with Gasteiger partial charge in [-0.1, -0.05) is 261 Å². The Hall–Kier alpha value is -14.7. The molecule has 16 aromatic carbocycles. The number of fused-ring (bicyclic) bond motifs is 18. The van der Waals surface area contributed by atoms with Crippen LogP contribution in [0.5, 0.6) is 0 Å². The Labute approximate surface area is 616 Å². The molecule has 0 spiro atoms. The summed E-state index contributed by atoms with van der Waals surface area (Å²) in [7, 11) is 0. The van der Waals surface area contributed by atoms with Crippen LogP contribution in [0.2, 0.25) is 0 Å². The van der Waals surface area contributed by atoms with Gasteiger partial charge in [0.25, 0.3) is 0 Å². The zero-order valence-corrected chi connectivity index (χ0v) is 58.0. The van der Waals surface area contributed by atoms with Gasteiger partial charge in [-0.05, 0) is 159 Å². The summed E-state index contributed by atoms with van der Waals surface area (Å²) in [5, 5.41) is 14.4. The van der Waals surface area contributed by atoms with E-state index in [0.717, 1.165) is 104 Å². The van der Waals surface area contributed by atoms with E-state index >= 15 is 0 Å². The van der Waals surface area contributed by atoms with Crippen LogP contribution < -0.4 is 16.9 Å².